The van der Waals surface area contributed by atoms with Crippen molar-refractivity contribution in [1.29, 1.82) is 0 Å². The van der Waals surface area contributed by atoms with Crippen molar-refractivity contribution >= 4 is 0 Å². The highest BCUT2D eigenvalue weighted by Crippen LogP contribution is 2.05. The second-order valence-corrected chi connectivity index (χ2v) is 3.39. The average Bonchev–Trinajstić information content (AvgIpc) is 1.84. The minimum absolute atomic E-state index is 0.0696. The van der Waals surface area contributed by atoms with Crippen molar-refractivity contribution in [3.05, 3.63) is 0 Å². The van der Waals surface area contributed by atoms with E-state index in [9.17, 15) is 8.78 Å². The van der Waals surface area contributed by atoms with Gasteiger partial charge in [0.25, 0.3) is 6.43 Å². The molecule has 0 bridgehead atoms. The maximum absolute atomic E-state index is 11.9. The lowest BCUT2D eigenvalue weighted by Crippen LogP contribution is -2.36. The van der Waals surface area contributed by atoms with Gasteiger partial charge in [-0.15, -0.1) is 0 Å². The van der Waals surface area contributed by atoms with E-state index < -0.39 is 6.43 Å². The summed E-state index contributed by atoms with van der Waals surface area (Å²) in [6, 6.07) is 0.194. The summed E-state index contributed by atoms with van der Waals surface area (Å²) in [5, 5.41) is 0. The molecule has 0 aromatic rings. The second kappa shape index (κ2) is 5.43. The number of nitrogens with zero attached hydrogens (tertiary/aromatic N) is 1. The normalized spacial score (nSPS) is 17.0. The van der Waals surface area contributed by atoms with Gasteiger partial charge in [-0.1, -0.05) is 0 Å². The van der Waals surface area contributed by atoms with E-state index in [1.54, 1.807) is 11.9 Å². The Kier molecular flexibility index (Phi) is 5.33. The van der Waals surface area contributed by atoms with Gasteiger partial charge in [0.1, 0.15) is 0 Å². The number of rotatable bonds is 5. The first-order valence-electron chi connectivity index (χ1n) is 4.17. The van der Waals surface area contributed by atoms with Gasteiger partial charge in [-0.25, -0.2) is 8.78 Å². The van der Waals surface area contributed by atoms with E-state index in [1.165, 1.54) is 0 Å². The van der Waals surface area contributed by atoms with E-state index in [1.807, 2.05) is 13.8 Å². The molecule has 0 radical (unpaired) electrons. The highest BCUT2D eigenvalue weighted by molar-refractivity contribution is 4.68. The van der Waals surface area contributed by atoms with Gasteiger partial charge >= 0.3 is 0 Å². The molecule has 0 aliphatic carbocycles. The fourth-order valence-electron chi connectivity index (χ4n) is 1.12. The Labute approximate surface area is 72.7 Å². The lowest BCUT2D eigenvalue weighted by molar-refractivity contribution is 0.0812. The Balaban J connectivity index is 3.68. The van der Waals surface area contributed by atoms with Crippen LogP contribution in [0.15, 0.2) is 0 Å². The summed E-state index contributed by atoms with van der Waals surface area (Å²) in [4.78, 5) is 1.63. The van der Waals surface area contributed by atoms with Crippen LogP contribution in [-0.2, 0) is 0 Å². The average molecular weight is 180 g/mol. The molecule has 0 saturated heterocycles. The highest BCUT2D eigenvalue weighted by atomic mass is 19.3. The largest absolute Gasteiger partial charge is 0.328 e. The van der Waals surface area contributed by atoms with Gasteiger partial charge in [0, 0.05) is 12.1 Å². The number of hydrogen-bond donors (Lipinski definition) is 1. The smallest absolute Gasteiger partial charge is 0.251 e. The minimum atomic E-state index is -2.26. The molecule has 0 spiro atoms. The summed E-state index contributed by atoms with van der Waals surface area (Å²) < 4.78 is 23.8. The first kappa shape index (κ1) is 11.8. The van der Waals surface area contributed by atoms with Gasteiger partial charge in [0.2, 0.25) is 0 Å². The molecular weight excluding hydrogens is 162 g/mol. The zero-order chi connectivity index (χ0) is 9.72. The Morgan fingerprint density at radius 3 is 2.17 bits per heavy atom. The first-order valence-corrected chi connectivity index (χ1v) is 4.17. The third-order valence-corrected chi connectivity index (χ3v) is 1.89. The van der Waals surface area contributed by atoms with Crippen LogP contribution in [0, 0.1) is 0 Å². The van der Waals surface area contributed by atoms with E-state index in [0.717, 1.165) is 6.42 Å². The molecule has 0 aromatic heterocycles. The van der Waals surface area contributed by atoms with Crippen molar-refractivity contribution in [2.24, 2.45) is 5.73 Å². The van der Waals surface area contributed by atoms with Crippen molar-refractivity contribution < 1.29 is 8.78 Å². The topological polar surface area (TPSA) is 29.3 Å². The van der Waals surface area contributed by atoms with Crippen molar-refractivity contribution in [2.45, 2.75) is 38.8 Å². The summed E-state index contributed by atoms with van der Waals surface area (Å²) in [6.07, 6.45) is -1.51. The first-order chi connectivity index (χ1) is 5.43. The molecule has 0 heterocycles. The molecule has 0 aromatic carbocycles. The summed E-state index contributed by atoms with van der Waals surface area (Å²) >= 11 is 0. The van der Waals surface area contributed by atoms with Gasteiger partial charge in [0.05, 0.1) is 6.54 Å². The third kappa shape index (κ3) is 5.43. The molecule has 2 N–H and O–H groups in total. The van der Waals surface area contributed by atoms with Gasteiger partial charge in [-0.3, -0.25) is 4.90 Å². The van der Waals surface area contributed by atoms with Gasteiger partial charge in [-0.2, -0.15) is 0 Å². The summed E-state index contributed by atoms with van der Waals surface area (Å²) in [6.45, 7) is 3.62. The third-order valence-electron chi connectivity index (χ3n) is 1.89. The minimum Gasteiger partial charge on any atom is -0.328 e. The van der Waals surface area contributed by atoms with Crippen LogP contribution < -0.4 is 5.73 Å². The second-order valence-electron chi connectivity index (χ2n) is 3.39. The van der Waals surface area contributed by atoms with E-state index in [0.29, 0.717) is 0 Å². The lowest BCUT2D eigenvalue weighted by Gasteiger charge is -2.25. The van der Waals surface area contributed by atoms with Crippen molar-refractivity contribution in [1.82, 2.24) is 4.90 Å². The fraction of sp³-hybridized carbons (Fsp3) is 1.00. The fourth-order valence-corrected chi connectivity index (χ4v) is 1.12. The molecule has 2 atom stereocenters. The SMILES string of the molecule is CC(N)CC(C)N(C)CC(F)F. The van der Waals surface area contributed by atoms with Gasteiger partial charge < -0.3 is 5.73 Å². The Bertz CT molecular complexity index is 104. The number of nitrogens with two attached hydrogens (primary N) is 1. The standard InChI is InChI=1S/C8H18F2N2/c1-6(11)4-7(2)12(3)5-8(9)10/h6-8H,4-5,11H2,1-3H3. The molecule has 0 saturated carbocycles. The van der Waals surface area contributed by atoms with Crippen LogP contribution in [-0.4, -0.2) is 37.0 Å². The molecule has 74 valence electrons. The molecule has 2 unspecified atom stereocenters. The maximum Gasteiger partial charge on any atom is 0.251 e. The zero-order valence-electron chi connectivity index (χ0n) is 7.93. The molecule has 12 heavy (non-hydrogen) atoms. The quantitative estimate of drug-likeness (QED) is 0.691. The number of alkyl halides is 2. The van der Waals surface area contributed by atoms with E-state index in [4.69, 9.17) is 5.73 Å². The number of hydrogen-bond acceptors (Lipinski definition) is 2. The Morgan fingerprint density at radius 1 is 1.33 bits per heavy atom. The highest BCUT2D eigenvalue weighted by Gasteiger charge is 2.14. The van der Waals surface area contributed by atoms with Gasteiger partial charge in [0.15, 0.2) is 0 Å². The summed E-state index contributed by atoms with van der Waals surface area (Å²) in [5.41, 5.74) is 5.55. The van der Waals surface area contributed by atoms with Crippen LogP contribution in [0.1, 0.15) is 20.3 Å². The van der Waals surface area contributed by atoms with Crippen LogP contribution in [0.25, 0.3) is 0 Å². The molecule has 0 aliphatic rings. The molecular formula is C8H18F2N2. The van der Waals surface area contributed by atoms with E-state index >= 15 is 0 Å². The predicted octanol–water partition coefficient (Wildman–Crippen LogP) is 1.31. The zero-order valence-corrected chi connectivity index (χ0v) is 7.93. The monoisotopic (exact) mass is 180 g/mol. The van der Waals surface area contributed by atoms with E-state index in [-0.39, 0.29) is 18.6 Å². The summed E-state index contributed by atoms with van der Waals surface area (Å²) in [5.74, 6) is 0. The Morgan fingerprint density at radius 2 is 1.83 bits per heavy atom. The van der Waals surface area contributed by atoms with Crippen molar-refractivity contribution in [3.8, 4) is 0 Å². The molecule has 2 nitrogen and oxygen atoms in total. The molecule has 0 amide bonds. The predicted molar refractivity (Wildman–Crippen MR) is 46.4 cm³/mol. The summed E-state index contributed by atoms with van der Waals surface area (Å²) in [7, 11) is 1.69. The molecule has 0 aliphatic heterocycles. The van der Waals surface area contributed by atoms with Crippen LogP contribution in [0.5, 0.6) is 0 Å². The van der Waals surface area contributed by atoms with Crippen LogP contribution in [0.3, 0.4) is 0 Å². The van der Waals surface area contributed by atoms with Crippen molar-refractivity contribution in [3.63, 3.8) is 0 Å². The number of halogens is 2. The lowest BCUT2D eigenvalue weighted by atomic mass is 10.1. The van der Waals surface area contributed by atoms with E-state index in [2.05, 4.69) is 0 Å². The van der Waals surface area contributed by atoms with Crippen LogP contribution in [0.4, 0.5) is 8.78 Å². The van der Waals surface area contributed by atoms with Crippen molar-refractivity contribution in [2.75, 3.05) is 13.6 Å². The van der Waals surface area contributed by atoms with Crippen LogP contribution in [0.2, 0.25) is 0 Å². The maximum atomic E-state index is 11.9. The van der Waals surface area contributed by atoms with Crippen LogP contribution >= 0.6 is 0 Å². The molecule has 0 rings (SSSR count). The molecule has 0 fully saturated rings. The molecule has 4 heteroatoms. The van der Waals surface area contributed by atoms with Gasteiger partial charge in [-0.05, 0) is 27.3 Å². The Hall–Kier alpha value is -0.220.